The average molecular weight is 435 g/mol. The van der Waals surface area contributed by atoms with Gasteiger partial charge in [0.2, 0.25) is 0 Å². The zero-order valence-electron chi connectivity index (χ0n) is 17.5. The summed E-state index contributed by atoms with van der Waals surface area (Å²) in [4.78, 5) is 22.1. The lowest BCUT2D eigenvalue weighted by atomic mass is 9.94. The lowest BCUT2D eigenvalue weighted by molar-refractivity contribution is 0.0769. The van der Waals surface area contributed by atoms with Crippen LogP contribution in [0.3, 0.4) is 0 Å². The summed E-state index contributed by atoms with van der Waals surface area (Å²) in [7, 11) is 1.83. The third-order valence-electron chi connectivity index (χ3n) is 6.27. The molecule has 5 nitrogen and oxygen atoms in total. The molecule has 0 bridgehead atoms. The van der Waals surface area contributed by atoms with Crippen molar-refractivity contribution in [2.24, 2.45) is 11.8 Å². The van der Waals surface area contributed by atoms with Gasteiger partial charge in [0.25, 0.3) is 5.91 Å². The maximum absolute atomic E-state index is 13.3. The van der Waals surface area contributed by atoms with E-state index in [9.17, 15) is 4.79 Å². The Bertz CT molecular complexity index is 937. The number of amides is 1. The number of hydrogen-bond donors (Lipinski definition) is 0. The van der Waals surface area contributed by atoms with Crippen LogP contribution in [0, 0.1) is 11.8 Å². The maximum Gasteiger partial charge on any atom is 0.275 e. The second-order valence-electron chi connectivity index (χ2n) is 8.31. The van der Waals surface area contributed by atoms with Crippen LogP contribution in [0.5, 0.6) is 0 Å². The molecule has 0 N–H and O–H groups in total. The molecule has 29 heavy (non-hydrogen) atoms. The predicted octanol–water partition coefficient (Wildman–Crippen LogP) is 5.93. The molecule has 1 aliphatic heterocycles. The molecule has 0 spiro atoms. The summed E-state index contributed by atoms with van der Waals surface area (Å²) in [5, 5.41) is 1.14. The molecule has 2 unspecified atom stereocenters. The highest BCUT2D eigenvalue weighted by Crippen LogP contribution is 2.48. The Morgan fingerprint density at radius 2 is 1.97 bits per heavy atom. The van der Waals surface area contributed by atoms with Gasteiger partial charge in [0.05, 0.1) is 17.4 Å². The molecule has 2 atom stereocenters. The minimum atomic E-state index is 0.0301. The van der Waals surface area contributed by atoms with E-state index in [1.807, 2.05) is 24.1 Å². The van der Waals surface area contributed by atoms with Crippen molar-refractivity contribution in [3.63, 3.8) is 0 Å². The molecule has 156 valence electrons. The number of hydrogen-bond acceptors (Lipinski definition) is 3. The third kappa shape index (κ3) is 3.53. The molecule has 1 saturated carbocycles. The van der Waals surface area contributed by atoms with Gasteiger partial charge in [-0.15, -0.1) is 0 Å². The first-order valence-electron chi connectivity index (χ1n) is 10.5. The molecule has 0 saturated heterocycles. The summed E-state index contributed by atoms with van der Waals surface area (Å²) >= 11 is 12.6. The van der Waals surface area contributed by atoms with Gasteiger partial charge in [0, 0.05) is 24.5 Å². The first-order chi connectivity index (χ1) is 13.9. The molecule has 1 aromatic heterocycles. The fourth-order valence-electron chi connectivity index (χ4n) is 4.45. The topological polar surface area (TPSA) is 41.4 Å². The Hall–Kier alpha value is -1.72. The fraction of sp³-hybridized carbons (Fsp3) is 0.545. The van der Waals surface area contributed by atoms with Gasteiger partial charge in [-0.25, -0.2) is 4.98 Å². The summed E-state index contributed by atoms with van der Waals surface area (Å²) < 4.78 is 2.26. The van der Waals surface area contributed by atoms with Crippen LogP contribution in [-0.2, 0) is 6.42 Å². The van der Waals surface area contributed by atoms with Crippen molar-refractivity contribution < 1.29 is 4.79 Å². The molecule has 2 aliphatic rings. The Kier molecular flexibility index (Phi) is 5.56. The summed E-state index contributed by atoms with van der Waals surface area (Å²) in [6, 6.07) is 5.76. The molecule has 1 aliphatic carbocycles. The van der Waals surface area contributed by atoms with Crippen LogP contribution in [0.25, 0.3) is 0 Å². The molecule has 4 rings (SSSR count). The highest BCUT2D eigenvalue weighted by molar-refractivity contribution is 6.36. The van der Waals surface area contributed by atoms with E-state index >= 15 is 0 Å². The number of aromatic nitrogens is 2. The van der Waals surface area contributed by atoms with E-state index in [4.69, 9.17) is 28.2 Å². The molecule has 2 heterocycles. The van der Waals surface area contributed by atoms with Crippen LogP contribution in [0.2, 0.25) is 10.0 Å². The molecule has 1 fully saturated rings. The van der Waals surface area contributed by atoms with Crippen molar-refractivity contribution in [2.75, 3.05) is 18.6 Å². The van der Waals surface area contributed by atoms with Crippen molar-refractivity contribution >= 4 is 40.6 Å². The van der Waals surface area contributed by atoms with Gasteiger partial charge in [-0.05, 0) is 42.9 Å². The van der Waals surface area contributed by atoms with Gasteiger partial charge in [-0.2, -0.15) is 0 Å². The van der Waals surface area contributed by atoms with E-state index in [0.717, 1.165) is 24.4 Å². The number of carbonyl (C=O) groups excluding carboxylic acids is 1. The van der Waals surface area contributed by atoms with Gasteiger partial charge in [0.15, 0.2) is 11.5 Å². The first kappa shape index (κ1) is 20.5. The number of anilines is 2. The number of fused-ring (bicyclic) bond motifs is 1. The third-order valence-corrected chi connectivity index (χ3v) is 6.81. The first-order valence-corrected chi connectivity index (χ1v) is 11.2. The molecule has 7 heteroatoms. The maximum atomic E-state index is 13.3. The number of aryl methyl sites for hydroxylation is 1. The van der Waals surface area contributed by atoms with Crippen LogP contribution >= 0.6 is 23.2 Å². The minimum Gasteiger partial charge on any atom is -0.322 e. The Morgan fingerprint density at radius 1 is 1.24 bits per heavy atom. The average Bonchev–Trinajstić information content (AvgIpc) is 3.45. The van der Waals surface area contributed by atoms with Gasteiger partial charge < -0.3 is 14.4 Å². The molecule has 2 aromatic rings. The fourth-order valence-corrected chi connectivity index (χ4v) is 4.96. The van der Waals surface area contributed by atoms with Crippen molar-refractivity contribution in [2.45, 2.75) is 52.5 Å². The monoisotopic (exact) mass is 434 g/mol. The van der Waals surface area contributed by atoms with Gasteiger partial charge >= 0.3 is 0 Å². The number of benzene rings is 1. The largest absolute Gasteiger partial charge is 0.322 e. The Morgan fingerprint density at radius 3 is 2.55 bits per heavy atom. The zero-order chi connectivity index (χ0) is 20.9. The molecular formula is C22H28Cl2N4O. The van der Waals surface area contributed by atoms with Crippen LogP contribution in [0.1, 0.15) is 62.4 Å². The number of halogens is 2. The van der Waals surface area contributed by atoms with E-state index < -0.39 is 0 Å². The molecule has 1 aromatic carbocycles. The van der Waals surface area contributed by atoms with Gasteiger partial charge in [-0.3, -0.25) is 4.79 Å². The summed E-state index contributed by atoms with van der Waals surface area (Å²) in [5.74, 6) is 2.83. The van der Waals surface area contributed by atoms with Gasteiger partial charge in [-0.1, -0.05) is 50.4 Å². The SMILES string of the molecule is CCc1nc2c(n1C(C(C)CC)C1CC1)C(=O)N(C)CN2c1ccc(Cl)cc1Cl. The Labute approximate surface area is 182 Å². The summed E-state index contributed by atoms with van der Waals surface area (Å²) in [5.41, 5.74) is 1.51. The van der Waals surface area contributed by atoms with Crippen molar-refractivity contribution in [3.8, 4) is 0 Å². The van der Waals surface area contributed by atoms with Crippen molar-refractivity contribution in [1.82, 2.24) is 14.5 Å². The van der Waals surface area contributed by atoms with E-state index in [1.54, 1.807) is 11.0 Å². The quantitative estimate of drug-likeness (QED) is 0.565. The van der Waals surface area contributed by atoms with Crippen LogP contribution in [0.15, 0.2) is 18.2 Å². The lowest BCUT2D eigenvalue weighted by Gasteiger charge is -2.36. The van der Waals surface area contributed by atoms with Crippen molar-refractivity contribution in [3.05, 3.63) is 39.8 Å². The number of carbonyl (C=O) groups is 1. The normalized spacial score (nSPS) is 18.8. The molecular weight excluding hydrogens is 407 g/mol. The predicted molar refractivity (Wildman–Crippen MR) is 118 cm³/mol. The highest BCUT2D eigenvalue weighted by atomic mass is 35.5. The van der Waals surface area contributed by atoms with Gasteiger partial charge in [0.1, 0.15) is 5.82 Å². The summed E-state index contributed by atoms with van der Waals surface area (Å²) in [6.45, 7) is 7.03. The van der Waals surface area contributed by atoms with E-state index in [2.05, 4.69) is 25.3 Å². The number of imidazole rings is 1. The Balaban J connectivity index is 1.90. The van der Waals surface area contributed by atoms with Crippen molar-refractivity contribution in [1.29, 1.82) is 0 Å². The second-order valence-corrected chi connectivity index (χ2v) is 9.15. The standard InChI is InChI=1S/C22H28Cl2N4O/c1-5-13(3)19(14-7-8-14)28-18(6-2)25-21-20(28)22(29)26(4)12-27(21)17-10-9-15(23)11-16(17)24/h9-11,13-14,19H,5-8,12H2,1-4H3. The van der Waals surface area contributed by atoms with Crippen LogP contribution < -0.4 is 4.90 Å². The molecule has 1 amide bonds. The van der Waals surface area contributed by atoms with Crippen LogP contribution in [-0.4, -0.2) is 34.1 Å². The van der Waals surface area contributed by atoms with E-state index in [-0.39, 0.29) is 5.91 Å². The molecule has 0 radical (unpaired) electrons. The van der Waals surface area contributed by atoms with E-state index in [1.165, 1.54) is 12.8 Å². The van der Waals surface area contributed by atoms with Crippen LogP contribution in [0.4, 0.5) is 11.5 Å². The number of rotatable bonds is 6. The zero-order valence-corrected chi connectivity index (χ0v) is 19.0. The number of nitrogens with zero attached hydrogens (tertiary/aromatic N) is 4. The second kappa shape index (κ2) is 7.84. The smallest absolute Gasteiger partial charge is 0.275 e. The summed E-state index contributed by atoms with van der Waals surface area (Å²) in [6.07, 6.45) is 4.31. The minimum absolute atomic E-state index is 0.0301. The van der Waals surface area contributed by atoms with E-state index in [0.29, 0.717) is 46.1 Å². The lowest BCUT2D eigenvalue weighted by Crippen LogP contribution is -2.44. The highest BCUT2D eigenvalue weighted by Gasteiger charge is 2.42.